The average Bonchev–Trinajstić information content (AvgIpc) is 2.71. The number of hydrogen-bond acceptors (Lipinski definition) is 4. The molecule has 0 amide bonds. The highest BCUT2D eigenvalue weighted by Crippen LogP contribution is 2.10. The standard InChI is InChI=1S/C25H54N2O2/c1-4-6-8-10-12-14-16-18-24(28)21-26-20-23(3)27-22-25(29)19-17-15-13-11-9-7-5-2/h23-29H,4-22H2,1-3H3. The normalized spacial score (nSPS) is 14.8. The van der Waals surface area contributed by atoms with Crippen molar-refractivity contribution in [3.8, 4) is 0 Å². The van der Waals surface area contributed by atoms with E-state index in [9.17, 15) is 10.2 Å². The predicted molar refractivity (Wildman–Crippen MR) is 128 cm³/mol. The molecule has 0 aromatic carbocycles. The van der Waals surface area contributed by atoms with Crippen LogP contribution in [0.5, 0.6) is 0 Å². The van der Waals surface area contributed by atoms with Crippen LogP contribution in [0.4, 0.5) is 0 Å². The second-order valence-electron chi connectivity index (χ2n) is 9.10. The van der Waals surface area contributed by atoms with Crippen molar-refractivity contribution in [3.05, 3.63) is 0 Å². The Hall–Kier alpha value is -0.160. The fraction of sp³-hybridized carbons (Fsp3) is 1.00. The first kappa shape index (κ1) is 28.8. The molecule has 0 aromatic heterocycles. The third-order valence-electron chi connectivity index (χ3n) is 5.81. The molecule has 0 radical (unpaired) electrons. The minimum atomic E-state index is -0.240. The zero-order valence-corrected chi connectivity index (χ0v) is 20.1. The van der Waals surface area contributed by atoms with E-state index in [2.05, 4.69) is 31.4 Å². The van der Waals surface area contributed by atoms with Crippen molar-refractivity contribution >= 4 is 0 Å². The van der Waals surface area contributed by atoms with Crippen molar-refractivity contribution in [1.82, 2.24) is 10.6 Å². The molecule has 4 N–H and O–H groups in total. The average molecular weight is 415 g/mol. The highest BCUT2D eigenvalue weighted by molar-refractivity contribution is 4.69. The van der Waals surface area contributed by atoms with Gasteiger partial charge in [-0.2, -0.15) is 0 Å². The third-order valence-corrected chi connectivity index (χ3v) is 5.81. The first-order chi connectivity index (χ1) is 14.1. The molecule has 3 atom stereocenters. The minimum Gasteiger partial charge on any atom is -0.392 e. The van der Waals surface area contributed by atoms with E-state index in [1.165, 1.54) is 77.0 Å². The van der Waals surface area contributed by atoms with Crippen LogP contribution in [0.3, 0.4) is 0 Å². The molecular formula is C25H54N2O2. The fourth-order valence-corrected chi connectivity index (χ4v) is 3.75. The highest BCUT2D eigenvalue weighted by atomic mass is 16.3. The van der Waals surface area contributed by atoms with E-state index in [1.807, 2.05) is 0 Å². The Balaban J connectivity index is 3.43. The van der Waals surface area contributed by atoms with Crippen molar-refractivity contribution < 1.29 is 10.2 Å². The van der Waals surface area contributed by atoms with E-state index in [4.69, 9.17) is 0 Å². The van der Waals surface area contributed by atoms with Gasteiger partial charge in [-0.25, -0.2) is 0 Å². The van der Waals surface area contributed by atoms with E-state index in [-0.39, 0.29) is 12.2 Å². The molecule has 176 valence electrons. The Bertz CT molecular complexity index is 315. The number of aliphatic hydroxyl groups excluding tert-OH is 2. The summed E-state index contributed by atoms with van der Waals surface area (Å²) in [7, 11) is 0. The molecule has 0 aromatic rings. The van der Waals surface area contributed by atoms with Gasteiger partial charge < -0.3 is 20.8 Å². The molecule has 0 bridgehead atoms. The van der Waals surface area contributed by atoms with Gasteiger partial charge in [0.05, 0.1) is 12.2 Å². The second-order valence-corrected chi connectivity index (χ2v) is 9.10. The van der Waals surface area contributed by atoms with E-state index in [0.29, 0.717) is 19.1 Å². The van der Waals surface area contributed by atoms with Gasteiger partial charge in [0.1, 0.15) is 0 Å². The van der Waals surface area contributed by atoms with E-state index in [1.54, 1.807) is 0 Å². The van der Waals surface area contributed by atoms with E-state index < -0.39 is 0 Å². The summed E-state index contributed by atoms with van der Waals surface area (Å²) in [5.74, 6) is 0. The summed E-state index contributed by atoms with van der Waals surface area (Å²) in [5.41, 5.74) is 0. The van der Waals surface area contributed by atoms with Crippen LogP contribution in [0.25, 0.3) is 0 Å². The summed E-state index contributed by atoms with van der Waals surface area (Å²) < 4.78 is 0. The number of hydrogen-bond donors (Lipinski definition) is 4. The molecule has 0 aliphatic rings. The predicted octanol–water partition coefficient (Wildman–Crippen LogP) is 5.56. The Morgan fingerprint density at radius 3 is 1.45 bits per heavy atom. The van der Waals surface area contributed by atoms with Crippen LogP contribution in [0, 0.1) is 0 Å². The molecule has 4 nitrogen and oxygen atoms in total. The van der Waals surface area contributed by atoms with Crippen LogP contribution in [0.2, 0.25) is 0 Å². The topological polar surface area (TPSA) is 64.5 Å². The lowest BCUT2D eigenvalue weighted by atomic mass is 10.1. The molecule has 3 unspecified atom stereocenters. The zero-order chi connectivity index (χ0) is 21.6. The maximum Gasteiger partial charge on any atom is 0.0664 e. The molecule has 0 aliphatic heterocycles. The molecule has 0 heterocycles. The molecule has 0 saturated heterocycles. The number of unbranched alkanes of at least 4 members (excludes halogenated alkanes) is 12. The van der Waals surface area contributed by atoms with Crippen molar-refractivity contribution in [2.45, 2.75) is 142 Å². The molecule has 29 heavy (non-hydrogen) atoms. The second kappa shape index (κ2) is 22.5. The van der Waals surface area contributed by atoms with Crippen LogP contribution in [-0.4, -0.2) is 48.1 Å². The smallest absolute Gasteiger partial charge is 0.0664 e. The van der Waals surface area contributed by atoms with Crippen molar-refractivity contribution in [3.63, 3.8) is 0 Å². The molecule has 0 aliphatic carbocycles. The van der Waals surface area contributed by atoms with E-state index in [0.717, 1.165) is 32.2 Å². The lowest BCUT2D eigenvalue weighted by Crippen LogP contribution is -2.42. The summed E-state index contributed by atoms with van der Waals surface area (Å²) in [4.78, 5) is 0. The van der Waals surface area contributed by atoms with Crippen molar-refractivity contribution in [2.24, 2.45) is 0 Å². The van der Waals surface area contributed by atoms with Gasteiger partial charge in [0.25, 0.3) is 0 Å². The van der Waals surface area contributed by atoms with Gasteiger partial charge in [-0.05, 0) is 19.8 Å². The van der Waals surface area contributed by atoms with E-state index >= 15 is 0 Å². The summed E-state index contributed by atoms with van der Waals surface area (Å²) >= 11 is 0. The Morgan fingerprint density at radius 1 is 0.552 bits per heavy atom. The monoisotopic (exact) mass is 414 g/mol. The molecule has 0 rings (SSSR count). The van der Waals surface area contributed by atoms with Crippen molar-refractivity contribution in [2.75, 3.05) is 19.6 Å². The zero-order valence-electron chi connectivity index (χ0n) is 20.1. The number of aliphatic hydroxyl groups is 2. The van der Waals surface area contributed by atoms with Crippen LogP contribution in [-0.2, 0) is 0 Å². The molecule has 4 heteroatoms. The van der Waals surface area contributed by atoms with Crippen molar-refractivity contribution in [1.29, 1.82) is 0 Å². The van der Waals surface area contributed by atoms with Crippen LogP contribution in [0.1, 0.15) is 124 Å². The quantitative estimate of drug-likeness (QED) is 0.165. The third kappa shape index (κ3) is 22.3. The van der Waals surface area contributed by atoms with Gasteiger partial charge in [-0.1, -0.05) is 104 Å². The lowest BCUT2D eigenvalue weighted by Gasteiger charge is -2.19. The summed E-state index contributed by atoms with van der Waals surface area (Å²) in [6.07, 6.45) is 19.4. The van der Waals surface area contributed by atoms with Gasteiger partial charge in [0, 0.05) is 25.7 Å². The lowest BCUT2D eigenvalue weighted by molar-refractivity contribution is 0.149. The molecule has 0 fully saturated rings. The number of nitrogens with one attached hydrogen (secondary N) is 2. The Labute approximate surface area is 182 Å². The minimum absolute atomic E-state index is 0.235. The maximum absolute atomic E-state index is 10.1. The van der Waals surface area contributed by atoms with Gasteiger partial charge in [-0.3, -0.25) is 0 Å². The Kier molecular flexibility index (Phi) is 22.4. The van der Waals surface area contributed by atoms with Crippen LogP contribution in [0.15, 0.2) is 0 Å². The first-order valence-electron chi connectivity index (χ1n) is 12.9. The van der Waals surface area contributed by atoms with Crippen LogP contribution < -0.4 is 10.6 Å². The first-order valence-corrected chi connectivity index (χ1v) is 12.9. The van der Waals surface area contributed by atoms with Gasteiger partial charge in [-0.15, -0.1) is 0 Å². The largest absolute Gasteiger partial charge is 0.392 e. The highest BCUT2D eigenvalue weighted by Gasteiger charge is 2.08. The van der Waals surface area contributed by atoms with Crippen LogP contribution >= 0.6 is 0 Å². The summed E-state index contributed by atoms with van der Waals surface area (Å²) in [6.45, 7) is 8.80. The molecule has 0 saturated carbocycles. The maximum atomic E-state index is 10.1. The Morgan fingerprint density at radius 2 is 0.966 bits per heavy atom. The summed E-state index contributed by atoms with van der Waals surface area (Å²) in [6, 6.07) is 0.310. The van der Waals surface area contributed by atoms with Gasteiger partial charge >= 0.3 is 0 Å². The number of rotatable bonds is 23. The van der Waals surface area contributed by atoms with Gasteiger partial charge in [0.2, 0.25) is 0 Å². The molecular weight excluding hydrogens is 360 g/mol. The SMILES string of the molecule is CCCCCCCCCC(O)CNCC(C)NCC(O)CCCCCCCCC. The van der Waals surface area contributed by atoms with Gasteiger partial charge in [0.15, 0.2) is 0 Å². The summed E-state index contributed by atoms with van der Waals surface area (Å²) in [5, 5.41) is 27.0. The fourth-order valence-electron chi connectivity index (χ4n) is 3.75. The molecule has 0 spiro atoms.